The first-order valence-electron chi connectivity index (χ1n) is 10.4. The molecule has 3 aromatic heterocycles. The molecule has 0 bridgehead atoms. The number of rotatable bonds is 3. The molecule has 0 radical (unpaired) electrons. The van der Waals surface area contributed by atoms with E-state index in [1.165, 1.54) is 0 Å². The van der Waals surface area contributed by atoms with Crippen molar-refractivity contribution in [1.29, 1.82) is 0 Å². The summed E-state index contributed by atoms with van der Waals surface area (Å²) in [7, 11) is 0. The zero-order valence-corrected chi connectivity index (χ0v) is 16.7. The van der Waals surface area contributed by atoms with E-state index in [4.69, 9.17) is 0 Å². The second-order valence-electron chi connectivity index (χ2n) is 8.20. The number of hydrogen-bond donors (Lipinski definition) is 0. The molecule has 0 atom stereocenters. The Balaban J connectivity index is 1.28. The van der Waals surface area contributed by atoms with Crippen LogP contribution >= 0.6 is 0 Å². The lowest BCUT2D eigenvalue weighted by atomic mass is 9.96. The largest absolute Gasteiger partial charge is 0.337 e. The lowest BCUT2D eigenvalue weighted by molar-refractivity contribution is 0.0672. The molecule has 7 nitrogen and oxygen atoms in total. The van der Waals surface area contributed by atoms with E-state index in [0.29, 0.717) is 31.2 Å². The third kappa shape index (κ3) is 3.24. The van der Waals surface area contributed by atoms with Gasteiger partial charge in [-0.15, -0.1) is 0 Å². The van der Waals surface area contributed by atoms with E-state index in [-0.39, 0.29) is 11.5 Å². The molecule has 4 heterocycles. The van der Waals surface area contributed by atoms with Gasteiger partial charge in [0.05, 0.1) is 11.4 Å². The molecule has 1 aliphatic heterocycles. The molecule has 0 unspecified atom stereocenters. The van der Waals surface area contributed by atoms with Crippen molar-refractivity contribution in [2.75, 3.05) is 13.1 Å². The van der Waals surface area contributed by atoms with Crippen molar-refractivity contribution in [3.63, 3.8) is 0 Å². The number of carbonyl (C=O) groups is 1. The van der Waals surface area contributed by atoms with Crippen molar-refractivity contribution in [2.45, 2.75) is 45.6 Å². The van der Waals surface area contributed by atoms with Crippen LogP contribution in [0.1, 0.15) is 46.7 Å². The molecule has 1 fully saturated rings. The summed E-state index contributed by atoms with van der Waals surface area (Å²) in [6, 6.07) is 7.52. The highest BCUT2D eigenvalue weighted by atomic mass is 16.2. The highest BCUT2D eigenvalue weighted by molar-refractivity contribution is 5.94. The number of aromatic nitrogens is 4. The number of fused-ring (bicyclic) bond motifs is 2. The Bertz CT molecular complexity index is 1140. The van der Waals surface area contributed by atoms with Crippen LogP contribution in [0.5, 0.6) is 0 Å². The van der Waals surface area contributed by atoms with Crippen molar-refractivity contribution < 1.29 is 4.79 Å². The van der Waals surface area contributed by atoms with Gasteiger partial charge in [0, 0.05) is 31.9 Å². The van der Waals surface area contributed by atoms with Gasteiger partial charge in [0.1, 0.15) is 11.3 Å². The van der Waals surface area contributed by atoms with Gasteiger partial charge in [0.2, 0.25) is 0 Å². The van der Waals surface area contributed by atoms with Gasteiger partial charge in [-0.25, -0.2) is 9.67 Å². The lowest BCUT2D eigenvalue weighted by Gasteiger charge is -2.32. The maximum atomic E-state index is 13.1. The topological polar surface area (TPSA) is 72.5 Å². The summed E-state index contributed by atoms with van der Waals surface area (Å²) >= 11 is 0. The molecule has 150 valence electrons. The predicted molar refractivity (Wildman–Crippen MR) is 109 cm³/mol. The highest BCUT2D eigenvalue weighted by Crippen LogP contribution is 2.23. The first-order valence-corrected chi connectivity index (χ1v) is 10.4. The average Bonchev–Trinajstić information content (AvgIpc) is 3.31. The third-order valence-corrected chi connectivity index (χ3v) is 6.26. The second-order valence-corrected chi connectivity index (χ2v) is 8.20. The van der Waals surface area contributed by atoms with Crippen molar-refractivity contribution in [3.05, 3.63) is 63.5 Å². The molecule has 0 saturated carbocycles. The summed E-state index contributed by atoms with van der Waals surface area (Å²) in [4.78, 5) is 31.9. The maximum absolute atomic E-state index is 13.1. The van der Waals surface area contributed by atoms with Gasteiger partial charge in [-0.3, -0.25) is 14.0 Å². The van der Waals surface area contributed by atoms with Crippen LogP contribution in [0.4, 0.5) is 0 Å². The minimum atomic E-state index is 0.00510. The van der Waals surface area contributed by atoms with Crippen molar-refractivity contribution >= 4 is 11.6 Å². The van der Waals surface area contributed by atoms with E-state index in [0.717, 1.165) is 54.7 Å². The molecular formula is C22H25N5O2. The van der Waals surface area contributed by atoms with Gasteiger partial charge in [-0.1, -0.05) is 6.07 Å². The first kappa shape index (κ1) is 18.1. The van der Waals surface area contributed by atoms with E-state index < -0.39 is 0 Å². The van der Waals surface area contributed by atoms with E-state index >= 15 is 0 Å². The fourth-order valence-electron chi connectivity index (χ4n) is 4.65. The Hall–Kier alpha value is -2.96. The zero-order valence-electron chi connectivity index (χ0n) is 16.7. The number of imidazole rings is 1. The minimum Gasteiger partial charge on any atom is -0.337 e. The normalized spacial score (nSPS) is 17.1. The fourth-order valence-corrected chi connectivity index (χ4v) is 4.65. The smallest absolute Gasteiger partial charge is 0.272 e. The molecule has 1 saturated heterocycles. The molecule has 7 heteroatoms. The number of aryl methyl sites for hydroxylation is 3. The summed E-state index contributed by atoms with van der Waals surface area (Å²) in [6.07, 6.45) is 6.69. The van der Waals surface area contributed by atoms with Gasteiger partial charge in [-0.05, 0) is 62.6 Å². The van der Waals surface area contributed by atoms with Crippen LogP contribution in [0, 0.1) is 12.8 Å². The number of hydrogen-bond acceptors (Lipinski definition) is 4. The number of piperidine rings is 1. The molecule has 5 rings (SSSR count). The average molecular weight is 391 g/mol. The van der Waals surface area contributed by atoms with Crippen LogP contribution in [0.25, 0.3) is 5.65 Å². The van der Waals surface area contributed by atoms with Crippen molar-refractivity contribution in [3.8, 4) is 0 Å². The molecule has 29 heavy (non-hydrogen) atoms. The van der Waals surface area contributed by atoms with Gasteiger partial charge >= 0.3 is 0 Å². The molecule has 1 amide bonds. The van der Waals surface area contributed by atoms with Crippen molar-refractivity contribution in [2.24, 2.45) is 5.92 Å². The molecular weight excluding hydrogens is 366 g/mol. The molecule has 3 aromatic rings. The summed E-state index contributed by atoms with van der Waals surface area (Å²) in [5.74, 6) is 0.402. The molecule has 0 aromatic carbocycles. The van der Waals surface area contributed by atoms with Gasteiger partial charge in [0.25, 0.3) is 11.5 Å². The van der Waals surface area contributed by atoms with Crippen LogP contribution in [0.3, 0.4) is 0 Å². The van der Waals surface area contributed by atoms with Gasteiger partial charge < -0.3 is 4.90 Å². The van der Waals surface area contributed by atoms with Crippen molar-refractivity contribution in [1.82, 2.24) is 24.1 Å². The molecule has 0 spiro atoms. The maximum Gasteiger partial charge on any atom is 0.272 e. The quantitative estimate of drug-likeness (QED) is 0.686. The minimum absolute atomic E-state index is 0.00510. The highest BCUT2D eigenvalue weighted by Gasteiger charge is 2.27. The van der Waals surface area contributed by atoms with Gasteiger partial charge in [-0.2, -0.15) is 5.10 Å². The van der Waals surface area contributed by atoms with Crippen LogP contribution in [-0.2, 0) is 19.4 Å². The predicted octanol–water partition coefficient (Wildman–Crippen LogP) is 2.24. The Morgan fingerprint density at radius 3 is 2.86 bits per heavy atom. The zero-order chi connectivity index (χ0) is 20.0. The SMILES string of the molecule is Cc1nc2ccccn2c1C(=O)N1CCC(Cn2nc3c(cc2=O)CCC3)CC1. The standard InChI is InChI=1S/C22H25N5O2/c1-15-21(26-10-3-2-7-19(26)23-15)22(29)25-11-8-16(9-12-25)14-27-20(28)13-17-5-4-6-18(17)24-27/h2-3,7,10,13,16H,4-6,8-9,11-12,14H2,1H3. The lowest BCUT2D eigenvalue weighted by Crippen LogP contribution is -2.41. The number of likely N-dealkylation sites (tertiary alicyclic amines) is 1. The number of carbonyl (C=O) groups excluding carboxylic acids is 1. The number of nitrogens with zero attached hydrogens (tertiary/aromatic N) is 5. The van der Waals surface area contributed by atoms with Crippen LogP contribution < -0.4 is 5.56 Å². The summed E-state index contributed by atoms with van der Waals surface area (Å²) in [6.45, 7) is 3.92. The summed E-state index contributed by atoms with van der Waals surface area (Å²) < 4.78 is 3.51. The Morgan fingerprint density at radius 2 is 2.03 bits per heavy atom. The monoisotopic (exact) mass is 391 g/mol. The number of amides is 1. The van der Waals surface area contributed by atoms with E-state index in [9.17, 15) is 9.59 Å². The van der Waals surface area contributed by atoms with E-state index in [1.807, 2.05) is 40.6 Å². The molecule has 0 N–H and O–H groups in total. The second kappa shape index (κ2) is 7.13. The van der Waals surface area contributed by atoms with E-state index in [2.05, 4.69) is 10.1 Å². The van der Waals surface area contributed by atoms with E-state index in [1.54, 1.807) is 10.7 Å². The molecule has 2 aliphatic rings. The molecule has 1 aliphatic carbocycles. The van der Waals surface area contributed by atoms with Crippen LogP contribution in [0.15, 0.2) is 35.3 Å². The Labute approximate surface area is 169 Å². The Kier molecular flexibility index (Phi) is 4.45. The summed E-state index contributed by atoms with van der Waals surface area (Å²) in [5, 5.41) is 4.60. The summed E-state index contributed by atoms with van der Waals surface area (Å²) in [5.41, 5.74) is 4.42. The Morgan fingerprint density at radius 1 is 1.21 bits per heavy atom. The van der Waals surface area contributed by atoms with Crippen LogP contribution in [-0.4, -0.2) is 43.1 Å². The number of pyridine rings is 1. The first-order chi connectivity index (χ1) is 14.1. The fraction of sp³-hybridized carbons (Fsp3) is 0.455. The van der Waals surface area contributed by atoms with Crippen LogP contribution in [0.2, 0.25) is 0 Å². The van der Waals surface area contributed by atoms with Gasteiger partial charge in [0.15, 0.2) is 0 Å². The third-order valence-electron chi connectivity index (χ3n) is 6.26.